The van der Waals surface area contributed by atoms with Crippen molar-refractivity contribution in [3.8, 4) is 6.07 Å². The molecule has 0 bridgehead atoms. The van der Waals surface area contributed by atoms with Gasteiger partial charge in [0, 0.05) is 11.8 Å². The van der Waals surface area contributed by atoms with Crippen LogP contribution in [0.2, 0.25) is 0 Å². The summed E-state index contributed by atoms with van der Waals surface area (Å²) in [5, 5.41) is 28.0. The van der Waals surface area contributed by atoms with E-state index in [2.05, 4.69) is 4.98 Å². The number of aliphatic hydroxyl groups is 2. The van der Waals surface area contributed by atoms with E-state index in [1.165, 1.54) is 6.20 Å². The van der Waals surface area contributed by atoms with Crippen LogP contribution in [0.25, 0.3) is 0 Å². The third-order valence-electron chi connectivity index (χ3n) is 2.09. The van der Waals surface area contributed by atoms with Gasteiger partial charge >= 0.3 is 0 Å². The van der Waals surface area contributed by atoms with E-state index in [9.17, 15) is 10.2 Å². The van der Waals surface area contributed by atoms with Crippen molar-refractivity contribution in [2.75, 3.05) is 6.54 Å². The molecule has 0 aliphatic carbocycles. The molecule has 2 atom stereocenters. The van der Waals surface area contributed by atoms with Crippen molar-refractivity contribution in [1.29, 1.82) is 5.26 Å². The van der Waals surface area contributed by atoms with Gasteiger partial charge in [0.05, 0.1) is 6.10 Å². The molecule has 0 amide bonds. The van der Waals surface area contributed by atoms with Gasteiger partial charge in [0.25, 0.3) is 0 Å². The molecule has 0 aromatic carbocycles. The van der Waals surface area contributed by atoms with Crippen LogP contribution in [0, 0.1) is 11.3 Å². The minimum absolute atomic E-state index is 0.126. The Morgan fingerprint density at radius 1 is 1.53 bits per heavy atom. The van der Waals surface area contributed by atoms with E-state index >= 15 is 0 Å². The largest absolute Gasteiger partial charge is 0.390 e. The number of nitrogens with zero attached hydrogens (tertiary/aromatic N) is 2. The van der Waals surface area contributed by atoms with E-state index in [0.29, 0.717) is 5.56 Å². The number of hydrogen-bond donors (Lipinski definition) is 3. The van der Waals surface area contributed by atoms with Gasteiger partial charge in [-0.15, -0.1) is 0 Å². The summed E-state index contributed by atoms with van der Waals surface area (Å²) in [5.74, 6) is 0. The second-order valence-corrected chi connectivity index (χ2v) is 3.14. The lowest BCUT2D eigenvalue weighted by Crippen LogP contribution is -2.22. The highest BCUT2D eigenvalue weighted by Gasteiger charge is 2.20. The van der Waals surface area contributed by atoms with Gasteiger partial charge < -0.3 is 15.9 Å². The molecule has 5 nitrogen and oxygen atoms in total. The first-order chi connectivity index (χ1) is 7.20. The van der Waals surface area contributed by atoms with Gasteiger partial charge in [0.2, 0.25) is 0 Å². The third-order valence-corrected chi connectivity index (χ3v) is 2.09. The molecule has 4 N–H and O–H groups in total. The standard InChI is InChI=1S/C10H13N3O2/c11-4-3-9(14)10(15)7-2-1-5-13-8(7)6-12/h1-2,5,9-10,14-15H,3-4,11H2. The lowest BCUT2D eigenvalue weighted by atomic mass is 10.0. The van der Waals surface area contributed by atoms with Crippen LogP contribution in [-0.2, 0) is 0 Å². The van der Waals surface area contributed by atoms with Gasteiger partial charge in [-0.3, -0.25) is 0 Å². The van der Waals surface area contributed by atoms with Crippen LogP contribution in [-0.4, -0.2) is 27.8 Å². The van der Waals surface area contributed by atoms with Gasteiger partial charge in [0.1, 0.15) is 17.9 Å². The predicted molar refractivity (Wildman–Crippen MR) is 53.6 cm³/mol. The Kier molecular flexibility index (Phi) is 4.18. The minimum Gasteiger partial charge on any atom is -0.390 e. The number of pyridine rings is 1. The molecule has 1 rings (SSSR count). The molecule has 0 saturated heterocycles. The van der Waals surface area contributed by atoms with Crippen LogP contribution >= 0.6 is 0 Å². The molecule has 1 aromatic heterocycles. The van der Waals surface area contributed by atoms with E-state index in [0.717, 1.165) is 0 Å². The number of nitrogens with two attached hydrogens (primary N) is 1. The Labute approximate surface area is 87.8 Å². The average Bonchev–Trinajstić information content (AvgIpc) is 2.28. The number of aliphatic hydroxyl groups excluding tert-OH is 2. The first-order valence-electron chi connectivity index (χ1n) is 4.62. The van der Waals surface area contributed by atoms with Crippen molar-refractivity contribution in [2.45, 2.75) is 18.6 Å². The maximum absolute atomic E-state index is 9.74. The van der Waals surface area contributed by atoms with Crippen molar-refractivity contribution in [2.24, 2.45) is 5.73 Å². The molecule has 0 saturated carbocycles. The highest BCUT2D eigenvalue weighted by molar-refractivity contribution is 5.32. The molecular weight excluding hydrogens is 194 g/mol. The molecule has 15 heavy (non-hydrogen) atoms. The number of rotatable bonds is 4. The van der Waals surface area contributed by atoms with Crippen molar-refractivity contribution >= 4 is 0 Å². The summed E-state index contributed by atoms with van der Waals surface area (Å²) < 4.78 is 0. The zero-order valence-electron chi connectivity index (χ0n) is 8.17. The fourth-order valence-electron chi connectivity index (χ4n) is 1.29. The summed E-state index contributed by atoms with van der Waals surface area (Å²) in [6, 6.07) is 5.03. The first-order valence-corrected chi connectivity index (χ1v) is 4.62. The van der Waals surface area contributed by atoms with Crippen LogP contribution in [0.5, 0.6) is 0 Å². The fraction of sp³-hybridized carbons (Fsp3) is 0.400. The van der Waals surface area contributed by atoms with E-state index in [1.807, 2.05) is 6.07 Å². The Hall–Kier alpha value is -1.48. The van der Waals surface area contributed by atoms with E-state index in [4.69, 9.17) is 11.0 Å². The molecule has 80 valence electrons. The van der Waals surface area contributed by atoms with Gasteiger partial charge in [-0.05, 0) is 19.0 Å². The minimum atomic E-state index is -1.11. The quantitative estimate of drug-likeness (QED) is 0.628. The molecule has 1 heterocycles. The summed E-state index contributed by atoms with van der Waals surface area (Å²) in [4.78, 5) is 3.80. The van der Waals surface area contributed by atoms with E-state index < -0.39 is 12.2 Å². The van der Waals surface area contributed by atoms with Gasteiger partial charge in [-0.25, -0.2) is 4.98 Å². The Bertz CT molecular complexity index is 362. The van der Waals surface area contributed by atoms with Crippen molar-refractivity contribution in [1.82, 2.24) is 4.98 Å². The molecule has 2 unspecified atom stereocenters. The van der Waals surface area contributed by atoms with Gasteiger partial charge in [0.15, 0.2) is 0 Å². The summed E-state index contributed by atoms with van der Waals surface area (Å²) in [6.07, 6.45) is -0.339. The Morgan fingerprint density at radius 2 is 2.27 bits per heavy atom. The Balaban J connectivity index is 2.91. The van der Waals surface area contributed by atoms with Crippen LogP contribution < -0.4 is 5.73 Å². The molecule has 0 aliphatic rings. The molecule has 0 radical (unpaired) electrons. The normalized spacial score (nSPS) is 14.3. The molecule has 0 spiro atoms. The monoisotopic (exact) mass is 207 g/mol. The lowest BCUT2D eigenvalue weighted by Gasteiger charge is -2.17. The summed E-state index contributed by atoms with van der Waals surface area (Å²) in [7, 11) is 0. The highest BCUT2D eigenvalue weighted by Crippen LogP contribution is 2.20. The highest BCUT2D eigenvalue weighted by atomic mass is 16.3. The smallest absolute Gasteiger partial charge is 0.146 e. The lowest BCUT2D eigenvalue weighted by molar-refractivity contribution is 0.0146. The van der Waals surface area contributed by atoms with Crippen LogP contribution in [0.4, 0.5) is 0 Å². The summed E-state index contributed by atoms with van der Waals surface area (Å²) in [6.45, 7) is 0.278. The number of aromatic nitrogens is 1. The maximum atomic E-state index is 9.74. The zero-order chi connectivity index (χ0) is 11.3. The predicted octanol–water partition coefficient (Wildman–Crippen LogP) is -0.304. The van der Waals surface area contributed by atoms with Crippen molar-refractivity contribution in [3.05, 3.63) is 29.6 Å². The first kappa shape index (κ1) is 11.6. The number of hydrogen-bond acceptors (Lipinski definition) is 5. The van der Waals surface area contributed by atoms with Crippen LogP contribution in [0.3, 0.4) is 0 Å². The van der Waals surface area contributed by atoms with Crippen molar-refractivity contribution < 1.29 is 10.2 Å². The number of nitriles is 1. The van der Waals surface area contributed by atoms with Crippen molar-refractivity contribution in [3.63, 3.8) is 0 Å². The molecule has 5 heteroatoms. The topological polar surface area (TPSA) is 103 Å². The van der Waals surface area contributed by atoms with Crippen LogP contribution in [0.15, 0.2) is 18.3 Å². The third kappa shape index (κ3) is 2.73. The average molecular weight is 207 g/mol. The SMILES string of the molecule is N#Cc1ncccc1C(O)C(O)CCN. The summed E-state index contributed by atoms with van der Waals surface area (Å²) >= 11 is 0. The maximum Gasteiger partial charge on any atom is 0.146 e. The van der Waals surface area contributed by atoms with Crippen LogP contribution in [0.1, 0.15) is 23.8 Å². The van der Waals surface area contributed by atoms with Gasteiger partial charge in [-0.1, -0.05) is 6.07 Å². The molecular formula is C10H13N3O2. The van der Waals surface area contributed by atoms with Gasteiger partial charge in [-0.2, -0.15) is 5.26 Å². The second kappa shape index (κ2) is 5.41. The van der Waals surface area contributed by atoms with E-state index in [-0.39, 0.29) is 18.7 Å². The fourth-order valence-corrected chi connectivity index (χ4v) is 1.29. The zero-order valence-corrected chi connectivity index (χ0v) is 8.17. The van der Waals surface area contributed by atoms with E-state index in [1.54, 1.807) is 12.1 Å². The molecule has 1 aromatic rings. The Morgan fingerprint density at radius 3 is 2.87 bits per heavy atom. The summed E-state index contributed by atoms with van der Waals surface area (Å²) in [5.41, 5.74) is 5.72. The second-order valence-electron chi connectivity index (χ2n) is 3.14. The molecule has 0 fully saturated rings. The molecule has 0 aliphatic heterocycles.